The summed E-state index contributed by atoms with van der Waals surface area (Å²) in [6.07, 6.45) is 4.79. The van der Waals surface area contributed by atoms with E-state index in [-0.39, 0.29) is 23.6 Å². The lowest BCUT2D eigenvalue weighted by Crippen LogP contribution is -2.40. The van der Waals surface area contributed by atoms with E-state index >= 15 is 0 Å². The van der Waals surface area contributed by atoms with E-state index in [1.165, 1.54) is 12.3 Å². The predicted octanol–water partition coefficient (Wildman–Crippen LogP) is 2.21. The number of nitrogens with zero attached hydrogens (tertiary/aromatic N) is 2. The third kappa shape index (κ3) is 3.24. The van der Waals surface area contributed by atoms with E-state index in [4.69, 9.17) is 5.73 Å². The number of halogens is 1. The van der Waals surface area contributed by atoms with Gasteiger partial charge in [-0.05, 0) is 28.8 Å². The second kappa shape index (κ2) is 6.17. The van der Waals surface area contributed by atoms with Crippen molar-refractivity contribution in [1.29, 1.82) is 0 Å². The van der Waals surface area contributed by atoms with E-state index in [1.54, 1.807) is 0 Å². The van der Waals surface area contributed by atoms with Crippen LogP contribution in [0.1, 0.15) is 25.7 Å². The number of nitrogens with one attached hydrogen (secondary N) is 1. The van der Waals surface area contributed by atoms with Gasteiger partial charge in [-0.15, -0.1) is 0 Å². The number of nitrogens with two attached hydrogens (primary N) is 1. The fourth-order valence-corrected chi connectivity index (χ4v) is 2.91. The molecule has 1 fully saturated rings. The maximum absolute atomic E-state index is 11.4. The van der Waals surface area contributed by atoms with Gasteiger partial charge in [-0.25, -0.2) is 4.98 Å². The van der Waals surface area contributed by atoms with Crippen LogP contribution in [0, 0.1) is 16.0 Å². The topological polar surface area (TPSA) is 111 Å². The van der Waals surface area contributed by atoms with Crippen molar-refractivity contribution >= 4 is 33.3 Å². The third-order valence-electron chi connectivity index (χ3n) is 3.49. The number of aromatic nitrogens is 1. The second-order valence-electron chi connectivity index (χ2n) is 4.83. The zero-order valence-electron chi connectivity index (χ0n) is 10.7. The Balaban J connectivity index is 2.16. The lowest BCUT2D eigenvalue weighted by Gasteiger charge is -2.30. The monoisotopic (exact) mass is 342 g/mol. The van der Waals surface area contributed by atoms with Gasteiger partial charge >= 0.3 is 0 Å². The van der Waals surface area contributed by atoms with Crippen molar-refractivity contribution in [3.8, 4) is 0 Å². The molecule has 2 rings (SSSR count). The molecule has 1 amide bonds. The van der Waals surface area contributed by atoms with Gasteiger partial charge in [0.15, 0.2) is 0 Å². The van der Waals surface area contributed by atoms with Crippen LogP contribution in [-0.4, -0.2) is 21.9 Å². The van der Waals surface area contributed by atoms with Crippen molar-refractivity contribution in [2.24, 2.45) is 11.7 Å². The minimum atomic E-state index is -0.506. The number of amides is 1. The predicted molar refractivity (Wildman–Crippen MR) is 77.2 cm³/mol. The van der Waals surface area contributed by atoms with Crippen LogP contribution in [0.3, 0.4) is 0 Å². The van der Waals surface area contributed by atoms with E-state index in [9.17, 15) is 14.9 Å². The summed E-state index contributed by atoms with van der Waals surface area (Å²) in [7, 11) is 0. The van der Waals surface area contributed by atoms with Gasteiger partial charge in [-0.2, -0.15) is 0 Å². The molecule has 1 saturated carbocycles. The summed E-state index contributed by atoms with van der Waals surface area (Å²) in [5.41, 5.74) is 5.33. The summed E-state index contributed by atoms with van der Waals surface area (Å²) in [5, 5.41) is 13.8. The van der Waals surface area contributed by atoms with Gasteiger partial charge in [0.25, 0.3) is 5.69 Å². The van der Waals surface area contributed by atoms with Crippen molar-refractivity contribution in [3.63, 3.8) is 0 Å². The molecule has 0 unspecified atom stereocenters. The summed E-state index contributed by atoms with van der Waals surface area (Å²) in [6, 6.07) is 1.31. The van der Waals surface area contributed by atoms with E-state index < -0.39 is 4.92 Å². The first-order chi connectivity index (χ1) is 9.49. The molecule has 0 aromatic carbocycles. The van der Waals surface area contributed by atoms with Crippen molar-refractivity contribution in [2.75, 3.05) is 5.32 Å². The number of rotatable bonds is 4. The molecule has 0 aliphatic heterocycles. The summed E-state index contributed by atoms with van der Waals surface area (Å²) in [5.74, 6) is -0.0540. The molecule has 3 N–H and O–H groups in total. The second-order valence-corrected chi connectivity index (χ2v) is 5.68. The highest BCUT2D eigenvalue weighted by Crippen LogP contribution is 2.30. The van der Waals surface area contributed by atoms with E-state index in [1.807, 2.05) is 0 Å². The van der Waals surface area contributed by atoms with Crippen molar-refractivity contribution in [2.45, 2.75) is 31.7 Å². The number of carbonyl (C=O) groups is 1. The number of anilines is 1. The Kier molecular flexibility index (Phi) is 4.53. The molecular weight excluding hydrogens is 328 g/mol. The number of hydrogen-bond acceptors (Lipinski definition) is 5. The lowest BCUT2D eigenvalue weighted by atomic mass is 9.84. The normalized spacial score (nSPS) is 22.2. The number of pyridine rings is 1. The minimum Gasteiger partial charge on any atom is -0.369 e. The maximum atomic E-state index is 11.4. The Labute approximate surface area is 124 Å². The standard InChI is InChI=1S/C12H15BrN4O3/c13-9-5-7(17(19)20)6-15-12(9)16-10-4-2-1-3-8(10)11(14)18/h5-6,8,10H,1-4H2,(H2,14,18)(H,15,16)/t8-,10-/m0/s1. The van der Waals surface area contributed by atoms with Gasteiger partial charge < -0.3 is 11.1 Å². The van der Waals surface area contributed by atoms with Crippen LogP contribution in [-0.2, 0) is 4.79 Å². The molecule has 1 aliphatic carbocycles. The summed E-state index contributed by atoms with van der Waals surface area (Å²) < 4.78 is 0.500. The highest BCUT2D eigenvalue weighted by molar-refractivity contribution is 9.10. The van der Waals surface area contributed by atoms with Crippen LogP contribution in [0.2, 0.25) is 0 Å². The number of hydrogen-bond donors (Lipinski definition) is 2. The lowest BCUT2D eigenvalue weighted by molar-refractivity contribution is -0.385. The first-order valence-corrected chi connectivity index (χ1v) is 7.14. The quantitative estimate of drug-likeness (QED) is 0.643. The Morgan fingerprint density at radius 3 is 2.80 bits per heavy atom. The molecule has 0 bridgehead atoms. The van der Waals surface area contributed by atoms with Gasteiger partial charge in [0.05, 0.1) is 15.3 Å². The highest BCUT2D eigenvalue weighted by atomic mass is 79.9. The summed E-state index contributed by atoms with van der Waals surface area (Å²) >= 11 is 3.25. The Morgan fingerprint density at radius 1 is 1.50 bits per heavy atom. The van der Waals surface area contributed by atoms with Crippen LogP contribution < -0.4 is 11.1 Å². The van der Waals surface area contributed by atoms with Gasteiger partial charge in [-0.1, -0.05) is 12.8 Å². The average molecular weight is 343 g/mol. The van der Waals surface area contributed by atoms with Crippen molar-refractivity contribution in [3.05, 3.63) is 26.9 Å². The molecule has 0 saturated heterocycles. The van der Waals surface area contributed by atoms with Gasteiger partial charge in [-0.3, -0.25) is 14.9 Å². The van der Waals surface area contributed by atoms with Gasteiger partial charge in [0.1, 0.15) is 12.0 Å². The van der Waals surface area contributed by atoms with Crippen LogP contribution >= 0.6 is 15.9 Å². The van der Waals surface area contributed by atoms with Gasteiger partial charge in [0.2, 0.25) is 5.91 Å². The Hall–Kier alpha value is -1.70. The molecule has 7 nitrogen and oxygen atoms in total. The molecule has 1 aliphatic rings. The fraction of sp³-hybridized carbons (Fsp3) is 0.500. The van der Waals surface area contributed by atoms with E-state index in [0.717, 1.165) is 25.7 Å². The average Bonchev–Trinajstić information content (AvgIpc) is 2.41. The van der Waals surface area contributed by atoms with Gasteiger partial charge in [0, 0.05) is 12.1 Å². The van der Waals surface area contributed by atoms with Crippen molar-refractivity contribution in [1.82, 2.24) is 4.98 Å². The molecule has 0 radical (unpaired) electrons. The molecule has 1 heterocycles. The first-order valence-electron chi connectivity index (χ1n) is 6.35. The van der Waals surface area contributed by atoms with Crippen LogP contribution in [0.4, 0.5) is 11.5 Å². The number of carbonyl (C=O) groups excluding carboxylic acids is 1. The number of primary amides is 1. The Morgan fingerprint density at radius 2 is 2.20 bits per heavy atom. The summed E-state index contributed by atoms with van der Waals surface area (Å²) in [4.78, 5) is 25.6. The minimum absolute atomic E-state index is 0.0773. The molecule has 1 aromatic rings. The summed E-state index contributed by atoms with van der Waals surface area (Å²) in [6.45, 7) is 0. The Bertz CT molecular complexity index is 537. The smallest absolute Gasteiger partial charge is 0.288 e. The largest absolute Gasteiger partial charge is 0.369 e. The number of nitro groups is 1. The van der Waals surface area contributed by atoms with Crippen LogP contribution in [0.15, 0.2) is 16.7 Å². The molecule has 108 valence electrons. The third-order valence-corrected chi connectivity index (χ3v) is 4.10. The highest BCUT2D eigenvalue weighted by Gasteiger charge is 2.30. The van der Waals surface area contributed by atoms with E-state index in [2.05, 4.69) is 26.2 Å². The SMILES string of the molecule is NC(=O)[C@H]1CCCC[C@@H]1Nc1ncc([N+](=O)[O-])cc1Br. The maximum Gasteiger partial charge on any atom is 0.288 e. The zero-order chi connectivity index (χ0) is 14.7. The molecule has 1 aromatic heterocycles. The molecular formula is C12H15BrN4O3. The van der Waals surface area contributed by atoms with Crippen LogP contribution in [0.25, 0.3) is 0 Å². The fourth-order valence-electron chi connectivity index (χ4n) is 2.45. The van der Waals surface area contributed by atoms with Crippen molar-refractivity contribution < 1.29 is 9.72 Å². The molecule has 8 heteroatoms. The zero-order valence-corrected chi connectivity index (χ0v) is 12.3. The molecule has 0 spiro atoms. The van der Waals surface area contributed by atoms with Crippen LogP contribution in [0.5, 0.6) is 0 Å². The first kappa shape index (κ1) is 14.7. The van der Waals surface area contributed by atoms with E-state index in [0.29, 0.717) is 10.3 Å². The molecule has 2 atom stereocenters. The molecule has 20 heavy (non-hydrogen) atoms.